The Balaban J connectivity index is 1.65. The Morgan fingerprint density at radius 3 is 2.83 bits per heavy atom. The molecule has 0 aliphatic heterocycles. The summed E-state index contributed by atoms with van der Waals surface area (Å²) >= 11 is 0. The van der Waals surface area contributed by atoms with Gasteiger partial charge in [-0.05, 0) is 38.5 Å². The van der Waals surface area contributed by atoms with Crippen LogP contribution < -0.4 is 5.32 Å². The molecule has 98 valence electrons. The van der Waals surface area contributed by atoms with Gasteiger partial charge in [-0.15, -0.1) is 0 Å². The molecule has 1 amide bonds. The van der Waals surface area contributed by atoms with Crippen LogP contribution in [0.25, 0.3) is 0 Å². The number of carbonyl (C=O) groups excluding carboxylic acids is 1. The van der Waals surface area contributed by atoms with Crippen LogP contribution >= 0.6 is 0 Å². The molecule has 0 aromatic carbocycles. The summed E-state index contributed by atoms with van der Waals surface area (Å²) in [4.78, 5) is 19.6. The minimum absolute atomic E-state index is 0.207. The van der Waals surface area contributed by atoms with Gasteiger partial charge in [0.1, 0.15) is 5.82 Å². The molecule has 18 heavy (non-hydrogen) atoms. The molecule has 3 rings (SSSR count). The summed E-state index contributed by atoms with van der Waals surface area (Å²) < 4.78 is 0. The van der Waals surface area contributed by atoms with Crippen LogP contribution in [0.1, 0.15) is 51.8 Å². The van der Waals surface area contributed by atoms with Crippen molar-refractivity contribution < 1.29 is 4.79 Å². The van der Waals surface area contributed by atoms with Crippen LogP contribution in [0.3, 0.4) is 0 Å². The standard InChI is InChI=1S/C14H21N3O/c1-13(2,12-15-7-8-16-12)17-11(18)10-9-14(10)5-3-4-6-14/h7-8,10H,3-6,9H2,1-2H3,(H,15,16)(H,17,18). The highest BCUT2D eigenvalue weighted by atomic mass is 16.2. The smallest absolute Gasteiger partial charge is 0.224 e. The predicted molar refractivity (Wildman–Crippen MR) is 68.8 cm³/mol. The molecule has 2 saturated carbocycles. The van der Waals surface area contributed by atoms with Crippen molar-refractivity contribution in [3.8, 4) is 0 Å². The third kappa shape index (κ3) is 1.84. The van der Waals surface area contributed by atoms with Crippen LogP contribution in [0, 0.1) is 11.3 Å². The number of aromatic amines is 1. The van der Waals surface area contributed by atoms with Crippen molar-refractivity contribution in [3.63, 3.8) is 0 Å². The van der Waals surface area contributed by atoms with E-state index >= 15 is 0 Å². The topological polar surface area (TPSA) is 57.8 Å². The summed E-state index contributed by atoms with van der Waals surface area (Å²) in [6.07, 6.45) is 9.68. The summed E-state index contributed by atoms with van der Waals surface area (Å²) in [6, 6.07) is 0. The van der Waals surface area contributed by atoms with Crippen molar-refractivity contribution in [2.45, 2.75) is 51.5 Å². The highest BCUT2D eigenvalue weighted by Crippen LogP contribution is 2.62. The minimum Gasteiger partial charge on any atom is -0.347 e. The third-order valence-corrected chi connectivity index (χ3v) is 4.63. The molecule has 0 bridgehead atoms. The molecule has 1 heterocycles. The molecular formula is C14H21N3O. The van der Waals surface area contributed by atoms with Gasteiger partial charge in [0, 0.05) is 18.3 Å². The normalized spacial score (nSPS) is 25.3. The number of imidazole rings is 1. The quantitative estimate of drug-likeness (QED) is 0.861. The molecule has 0 saturated heterocycles. The van der Waals surface area contributed by atoms with Gasteiger partial charge >= 0.3 is 0 Å². The monoisotopic (exact) mass is 247 g/mol. The van der Waals surface area contributed by atoms with E-state index in [0.717, 1.165) is 12.2 Å². The van der Waals surface area contributed by atoms with Crippen molar-refractivity contribution in [2.75, 3.05) is 0 Å². The summed E-state index contributed by atoms with van der Waals surface area (Å²) in [5.41, 5.74) is -0.0493. The number of nitrogens with zero attached hydrogens (tertiary/aromatic N) is 1. The summed E-state index contributed by atoms with van der Waals surface area (Å²) in [5.74, 6) is 1.27. The summed E-state index contributed by atoms with van der Waals surface area (Å²) in [7, 11) is 0. The van der Waals surface area contributed by atoms with Gasteiger partial charge in [0.15, 0.2) is 0 Å². The average Bonchev–Trinajstić information content (AvgIpc) is 2.74. The molecule has 2 fully saturated rings. The largest absolute Gasteiger partial charge is 0.347 e. The highest BCUT2D eigenvalue weighted by molar-refractivity contribution is 5.83. The van der Waals surface area contributed by atoms with Gasteiger partial charge in [-0.3, -0.25) is 4.79 Å². The Morgan fingerprint density at radius 1 is 1.50 bits per heavy atom. The van der Waals surface area contributed by atoms with Crippen LogP contribution in [0.15, 0.2) is 12.4 Å². The molecule has 0 radical (unpaired) electrons. The first kappa shape index (κ1) is 11.8. The van der Waals surface area contributed by atoms with Gasteiger partial charge in [0.2, 0.25) is 5.91 Å². The Morgan fingerprint density at radius 2 is 2.22 bits per heavy atom. The van der Waals surface area contributed by atoms with Gasteiger partial charge in [-0.25, -0.2) is 4.98 Å². The number of H-pyrrole nitrogens is 1. The number of hydrogen-bond donors (Lipinski definition) is 2. The van der Waals surface area contributed by atoms with Gasteiger partial charge in [-0.1, -0.05) is 12.8 Å². The van der Waals surface area contributed by atoms with Gasteiger partial charge in [0.05, 0.1) is 5.54 Å². The summed E-state index contributed by atoms with van der Waals surface area (Å²) in [6.45, 7) is 3.99. The lowest BCUT2D eigenvalue weighted by Gasteiger charge is -2.24. The van der Waals surface area contributed by atoms with Crippen molar-refractivity contribution in [2.24, 2.45) is 11.3 Å². The van der Waals surface area contributed by atoms with E-state index in [1.807, 2.05) is 13.8 Å². The molecule has 1 spiro atoms. The van der Waals surface area contributed by atoms with E-state index in [1.165, 1.54) is 25.7 Å². The molecule has 1 aromatic rings. The molecule has 1 unspecified atom stereocenters. The SMILES string of the molecule is CC(C)(NC(=O)C1CC12CCCC2)c1ncc[nH]1. The van der Waals surface area contributed by atoms with Crippen molar-refractivity contribution >= 4 is 5.91 Å². The van der Waals surface area contributed by atoms with Crippen molar-refractivity contribution in [1.29, 1.82) is 0 Å². The van der Waals surface area contributed by atoms with E-state index in [1.54, 1.807) is 12.4 Å². The third-order valence-electron chi connectivity index (χ3n) is 4.63. The second kappa shape index (κ2) is 3.84. The maximum atomic E-state index is 12.3. The van der Waals surface area contributed by atoms with Crippen LogP contribution in [0.4, 0.5) is 0 Å². The van der Waals surface area contributed by atoms with Crippen molar-refractivity contribution in [1.82, 2.24) is 15.3 Å². The number of rotatable bonds is 3. The van der Waals surface area contributed by atoms with E-state index in [0.29, 0.717) is 5.41 Å². The Hall–Kier alpha value is -1.32. The lowest BCUT2D eigenvalue weighted by atomic mass is 10.00. The minimum atomic E-state index is -0.414. The van der Waals surface area contributed by atoms with Gasteiger partial charge in [-0.2, -0.15) is 0 Å². The summed E-state index contributed by atoms with van der Waals surface area (Å²) in [5, 5.41) is 3.14. The molecule has 1 atom stereocenters. The predicted octanol–water partition coefficient (Wildman–Crippen LogP) is 2.34. The zero-order valence-electron chi connectivity index (χ0n) is 11.1. The van der Waals surface area contributed by atoms with Crippen LogP contribution in [0.5, 0.6) is 0 Å². The number of amides is 1. The van der Waals surface area contributed by atoms with E-state index in [-0.39, 0.29) is 11.8 Å². The number of nitrogens with one attached hydrogen (secondary N) is 2. The fraction of sp³-hybridized carbons (Fsp3) is 0.714. The number of carbonyl (C=O) groups is 1. The Kier molecular flexibility index (Phi) is 2.50. The highest BCUT2D eigenvalue weighted by Gasteiger charge is 2.59. The Labute approximate surface area is 108 Å². The molecule has 2 N–H and O–H groups in total. The number of aromatic nitrogens is 2. The molecular weight excluding hydrogens is 226 g/mol. The fourth-order valence-corrected chi connectivity index (χ4v) is 3.41. The average molecular weight is 247 g/mol. The van der Waals surface area contributed by atoms with Gasteiger partial charge < -0.3 is 10.3 Å². The lowest BCUT2D eigenvalue weighted by Crippen LogP contribution is -2.43. The van der Waals surface area contributed by atoms with E-state index < -0.39 is 5.54 Å². The van der Waals surface area contributed by atoms with E-state index in [2.05, 4.69) is 15.3 Å². The Bertz CT molecular complexity index is 444. The molecule has 1 aromatic heterocycles. The van der Waals surface area contributed by atoms with Gasteiger partial charge in [0.25, 0.3) is 0 Å². The zero-order valence-corrected chi connectivity index (χ0v) is 11.1. The van der Waals surface area contributed by atoms with E-state index in [4.69, 9.17) is 0 Å². The lowest BCUT2D eigenvalue weighted by molar-refractivity contribution is -0.124. The molecule has 2 aliphatic carbocycles. The second-order valence-corrected chi connectivity index (χ2v) is 6.38. The first-order chi connectivity index (χ1) is 8.54. The number of hydrogen-bond acceptors (Lipinski definition) is 2. The second-order valence-electron chi connectivity index (χ2n) is 6.38. The van der Waals surface area contributed by atoms with Crippen LogP contribution in [-0.4, -0.2) is 15.9 Å². The first-order valence-electron chi connectivity index (χ1n) is 6.85. The maximum Gasteiger partial charge on any atom is 0.224 e. The zero-order chi connectivity index (χ0) is 12.8. The maximum absolute atomic E-state index is 12.3. The van der Waals surface area contributed by atoms with Crippen LogP contribution in [0.2, 0.25) is 0 Å². The first-order valence-corrected chi connectivity index (χ1v) is 6.85. The molecule has 2 aliphatic rings. The van der Waals surface area contributed by atoms with Crippen LogP contribution in [-0.2, 0) is 10.3 Å². The fourth-order valence-electron chi connectivity index (χ4n) is 3.41. The molecule has 4 nitrogen and oxygen atoms in total. The molecule has 4 heteroatoms. The van der Waals surface area contributed by atoms with Crippen molar-refractivity contribution in [3.05, 3.63) is 18.2 Å². The van der Waals surface area contributed by atoms with E-state index in [9.17, 15) is 4.79 Å².